The molecule has 0 fully saturated rings. The van der Waals surface area contributed by atoms with Crippen molar-refractivity contribution in [1.29, 1.82) is 0 Å². The van der Waals surface area contributed by atoms with Gasteiger partial charge >= 0.3 is 0 Å². The monoisotopic (exact) mass is 302 g/mol. The second-order valence-electron chi connectivity index (χ2n) is 2.94. The first-order valence-electron chi connectivity index (χ1n) is 4.41. The predicted octanol–water partition coefficient (Wildman–Crippen LogP) is 1.33. The largest absolute Gasteiger partial charge is 0.399 e. The zero-order valence-corrected chi connectivity index (χ0v) is 11.0. The van der Waals surface area contributed by atoms with Crippen molar-refractivity contribution >= 4 is 31.6 Å². The molecule has 0 atom stereocenters. The Balaban J connectivity index is 3.01. The van der Waals surface area contributed by atoms with Gasteiger partial charge in [-0.15, -0.1) is 5.92 Å². The molecule has 0 unspecified atom stereocenters. The number of hydrogen-bond donors (Lipinski definition) is 2. The first-order chi connectivity index (χ1) is 7.47. The van der Waals surface area contributed by atoms with Gasteiger partial charge < -0.3 is 5.73 Å². The molecule has 0 spiro atoms. The van der Waals surface area contributed by atoms with E-state index in [0.717, 1.165) is 0 Å². The van der Waals surface area contributed by atoms with E-state index in [1.165, 1.54) is 12.1 Å². The van der Waals surface area contributed by atoms with Crippen LogP contribution in [0.15, 0.2) is 27.6 Å². The molecule has 0 aliphatic rings. The summed E-state index contributed by atoms with van der Waals surface area (Å²) in [4.78, 5) is 0.152. The minimum absolute atomic E-state index is 0.0929. The highest BCUT2D eigenvalue weighted by atomic mass is 79.9. The quantitative estimate of drug-likeness (QED) is 0.653. The third-order valence-electron chi connectivity index (χ3n) is 1.77. The number of nitrogens with two attached hydrogens (primary N) is 1. The lowest BCUT2D eigenvalue weighted by Gasteiger charge is -2.06. The SMILES string of the molecule is CC#CCNS(=O)(=O)c1ccc(N)cc1Br. The van der Waals surface area contributed by atoms with Crippen LogP contribution in [-0.4, -0.2) is 15.0 Å². The van der Waals surface area contributed by atoms with Crippen LogP contribution in [0.4, 0.5) is 5.69 Å². The van der Waals surface area contributed by atoms with Crippen molar-refractivity contribution in [3.05, 3.63) is 22.7 Å². The first kappa shape index (κ1) is 13.0. The molecule has 4 nitrogen and oxygen atoms in total. The van der Waals surface area contributed by atoms with Crippen molar-refractivity contribution in [1.82, 2.24) is 4.72 Å². The number of sulfonamides is 1. The maximum Gasteiger partial charge on any atom is 0.242 e. The van der Waals surface area contributed by atoms with Crippen molar-refractivity contribution in [2.75, 3.05) is 12.3 Å². The third kappa shape index (κ3) is 3.23. The number of rotatable bonds is 3. The molecule has 0 saturated heterocycles. The van der Waals surface area contributed by atoms with E-state index in [9.17, 15) is 8.42 Å². The molecule has 0 aliphatic carbocycles. The normalized spacial score (nSPS) is 10.6. The van der Waals surface area contributed by atoms with Crippen LogP contribution < -0.4 is 10.5 Å². The summed E-state index contributed by atoms with van der Waals surface area (Å²) in [7, 11) is -3.53. The Kier molecular flexibility index (Phi) is 4.35. The van der Waals surface area contributed by atoms with Gasteiger partial charge in [-0.2, -0.15) is 4.72 Å². The fraction of sp³-hybridized carbons (Fsp3) is 0.200. The standard InChI is InChI=1S/C10H11BrN2O2S/c1-2-3-6-13-16(14,15)10-5-4-8(12)7-9(10)11/h4-5,7,13H,6,12H2,1H3. The summed E-state index contributed by atoms with van der Waals surface area (Å²) in [5.41, 5.74) is 6.02. The number of anilines is 1. The zero-order chi connectivity index (χ0) is 12.2. The summed E-state index contributed by atoms with van der Waals surface area (Å²) in [6.07, 6.45) is 0. The Morgan fingerprint density at radius 1 is 1.50 bits per heavy atom. The average molecular weight is 303 g/mol. The molecule has 0 saturated carbocycles. The van der Waals surface area contributed by atoms with Crippen molar-refractivity contribution in [2.45, 2.75) is 11.8 Å². The summed E-state index contributed by atoms with van der Waals surface area (Å²) in [6, 6.07) is 4.52. The molecule has 0 aromatic heterocycles. The van der Waals surface area contributed by atoms with Crippen LogP contribution in [0.3, 0.4) is 0 Å². The van der Waals surface area contributed by atoms with E-state index in [-0.39, 0.29) is 11.4 Å². The minimum atomic E-state index is -3.53. The summed E-state index contributed by atoms with van der Waals surface area (Å²) in [5.74, 6) is 5.23. The molecular formula is C10H11BrN2O2S. The second-order valence-corrected chi connectivity index (χ2v) is 5.53. The number of halogens is 1. The van der Waals surface area contributed by atoms with E-state index in [1.807, 2.05) is 0 Å². The Morgan fingerprint density at radius 3 is 2.75 bits per heavy atom. The van der Waals surface area contributed by atoms with Gasteiger partial charge in [0.2, 0.25) is 10.0 Å². The molecule has 1 aromatic carbocycles. The van der Waals surface area contributed by atoms with Crippen molar-refractivity contribution in [3.63, 3.8) is 0 Å². The van der Waals surface area contributed by atoms with Gasteiger partial charge in [0.1, 0.15) is 0 Å². The van der Waals surface area contributed by atoms with Gasteiger partial charge in [-0.3, -0.25) is 0 Å². The molecule has 0 radical (unpaired) electrons. The fourth-order valence-corrected chi connectivity index (χ4v) is 3.05. The van der Waals surface area contributed by atoms with Crippen LogP contribution in [0.1, 0.15) is 6.92 Å². The summed E-state index contributed by atoms with van der Waals surface area (Å²) < 4.78 is 26.4. The second kappa shape index (κ2) is 5.34. The highest BCUT2D eigenvalue weighted by Gasteiger charge is 2.16. The molecule has 1 aromatic rings. The van der Waals surface area contributed by atoms with Crippen molar-refractivity contribution in [2.24, 2.45) is 0 Å². The number of hydrogen-bond acceptors (Lipinski definition) is 3. The maximum absolute atomic E-state index is 11.8. The molecule has 0 amide bonds. The van der Waals surface area contributed by atoms with E-state index in [0.29, 0.717) is 10.2 Å². The topological polar surface area (TPSA) is 72.2 Å². The molecule has 6 heteroatoms. The molecule has 86 valence electrons. The molecule has 3 N–H and O–H groups in total. The van der Waals surface area contributed by atoms with Gasteiger partial charge in [-0.1, -0.05) is 5.92 Å². The van der Waals surface area contributed by atoms with E-state index in [4.69, 9.17) is 5.73 Å². The molecule has 0 bridgehead atoms. The van der Waals surface area contributed by atoms with Gasteiger partial charge in [0.25, 0.3) is 0 Å². The van der Waals surface area contributed by atoms with Crippen LogP contribution in [-0.2, 0) is 10.0 Å². The van der Waals surface area contributed by atoms with Gasteiger partial charge in [-0.25, -0.2) is 8.42 Å². The Hall–Kier alpha value is -1.03. The molecule has 0 aliphatic heterocycles. The minimum Gasteiger partial charge on any atom is -0.399 e. The summed E-state index contributed by atoms with van der Waals surface area (Å²) in [5, 5.41) is 0. The number of nitrogen functional groups attached to an aromatic ring is 1. The van der Waals surface area contributed by atoms with Crippen LogP contribution in [0, 0.1) is 11.8 Å². The molecule has 0 heterocycles. The van der Waals surface area contributed by atoms with Crippen LogP contribution in [0.25, 0.3) is 0 Å². The smallest absolute Gasteiger partial charge is 0.242 e. The molecule has 16 heavy (non-hydrogen) atoms. The summed E-state index contributed by atoms with van der Waals surface area (Å²) in [6.45, 7) is 1.74. The number of benzene rings is 1. The van der Waals surface area contributed by atoms with Crippen molar-refractivity contribution < 1.29 is 8.42 Å². The van der Waals surface area contributed by atoms with Crippen LogP contribution >= 0.6 is 15.9 Å². The average Bonchev–Trinajstić information content (AvgIpc) is 2.17. The Labute approximate surface area is 103 Å². The third-order valence-corrected chi connectivity index (χ3v) is 4.15. The molecule has 1 rings (SSSR count). The van der Waals surface area contributed by atoms with E-state index >= 15 is 0 Å². The Morgan fingerprint density at radius 2 is 2.19 bits per heavy atom. The van der Waals surface area contributed by atoms with E-state index in [1.54, 1.807) is 13.0 Å². The fourth-order valence-electron chi connectivity index (χ4n) is 1.03. The van der Waals surface area contributed by atoms with Crippen molar-refractivity contribution in [3.8, 4) is 11.8 Å². The van der Waals surface area contributed by atoms with E-state index in [2.05, 4.69) is 32.5 Å². The predicted molar refractivity (Wildman–Crippen MR) is 67.2 cm³/mol. The first-order valence-corrected chi connectivity index (χ1v) is 6.69. The highest BCUT2D eigenvalue weighted by Crippen LogP contribution is 2.23. The lowest BCUT2D eigenvalue weighted by molar-refractivity contribution is 0.585. The molecular weight excluding hydrogens is 292 g/mol. The van der Waals surface area contributed by atoms with Crippen LogP contribution in [0.5, 0.6) is 0 Å². The number of nitrogens with one attached hydrogen (secondary N) is 1. The maximum atomic E-state index is 11.8. The summed E-state index contributed by atoms with van der Waals surface area (Å²) >= 11 is 3.16. The zero-order valence-electron chi connectivity index (χ0n) is 8.62. The van der Waals surface area contributed by atoms with E-state index < -0.39 is 10.0 Å². The van der Waals surface area contributed by atoms with Crippen LogP contribution in [0.2, 0.25) is 0 Å². The van der Waals surface area contributed by atoms with Gasteiger partial charge in [-0.05, 0) is 41.1 Å². The van der Waals surface area contributed by atoms with Gasteiger partial charge in [0.05, 0.1) is 11.4 Å². The highest BCUT2D eigenvalue weighted by molar-refractivity contribution is 9.10. The van der Waals surface area contributed by atoms with Gasteiger partial charge in [0, 0.05) is 10.2 Å². The lowest BCUT2D eigenvalue weighted by Crippen LogP contribution is -2.24. The van der Waals surface area contributed by atoms with Gasteiger partial charge in [0.15, 0.2) is 0 Å². The lowest BCUT2D eigenvalue weighted by atomic mass is 10.3. The Bertz CT molecular complexity index is 544.